The number of nitrogens with one attached hydrogen (secondary N) is 1. The molecule has 0 aliphatic carbocycles. The monoisotopic (exact) mass is 266 g/mol. The summed E-state index contributed by atoms with van der Waals surface area (Å²) in [5.41, 5.74) is 7.00. The highest BCUT2D eigenvalue weighted by Gasteiger charge is 2.33. The molecular weight excluding hydrogens is 248 g/mol. The summed E-state index contributed by atoms with van der Waals surface area (Å²) < 4.78 is 15.9. The molecule has 1 amide bonds. The van der Waals surface area contributed by atoms with Crippen molar-refractivity contribution < 1.29 is 19.0 Å². The van der Waals surface area contributed by atoms with Crippen molar-refractivity contribution in [1.82, 2.24) is 5.32 Å². The van der Waals surface area contributed by atoms with Crippen molar-refractivity contribution >= 4 is 5.91 Å². The van der Waals surface area contributed by atoms with E-state index in [4.69, 9.17) is 19.9 Å². The summed E-state index contributed by atoms with van der Waals surface area (Å²) >= 11 is 0. The lowest BCUT2D eigenvalue weighted by Crippen LogP contribution is -2.38. The minimum absolute atomic E-state index is 0.00227. The lowest BCUT2D eigenvalue weighted by atomic mass is 9.88. The average Bonchev–Trinajstić information content (AvgIpc) is 2.45. The number of hydrogen-bond acceptors (Lipinski definition) is 5. The Morgan fingerprint density at radius 3 is 2.47 bits per heavy atom. The molecule has 6 nitrogen and oxygen atoms in total. The van der Waals surface area contributed by atoms with Crippen LogP contribution in [0.3, 0.4) is 0 Å². The summed E-state index contributed by atoms with van der Waals surface area (Å²) in [6.45, 7) is 0.910. The summed E-state index contributed by atoms with van der Waals surface area (Å²) in [6, 6.07) is 1.72. The summed E-state index contributed by atoms with van der Waals surface area (Å²) in [5.74, 6) is 1.27. The fourth-order valence-corrected chi connectivity index (χ4v) is 2.39. The topological polar surface area (TPSA) is 82.8 Å². The fraction of sp³-hybridized carbons (Fsp3) is 0.462. The number of methoxy groups -OCH3 is 3. The number of fused-ring (bicyclic) bond motifs is 1. The summed E-state index contributed by atoms with van der Waals surface area (Å²) in [7, 11) is 4.58. The Kier molecular flexibility index (Phi) is 3.80. The predicted octanol–water partition coefficient (Wildman–Crippen LogP) is 0.498. The van der Waals surface area contributed by atoms with Crippen molar-refractivity contribution in [3.8, 4) is 17.2 Å². The van der Waals surface area contributed by atoms with E-state index >= 15 is 0 Å². The first-order valence-corrected chi connectivity index (χ1v) is 5.99. The second-order valence-corrected chi connectivity index (χ2v) is 4.25. The molecule has 0 bridgehead atoms. The third-order valence-corrected chi connectivity index (χ3v) is 3.32. The molecule has 0 spiro atoms. The Balaban J connectivity index is 2.75. The number of amides is 1. The van der Waals surface area contributed by atoms with E-state index < -0.39 is 0 Å². The minimum atomic E-state index is -0.200. The molecule has 0 saturated heterocycles. The van der Waals surface area contributed by atoms with Crippen LogP contribution >= 0.6 is 0 Å². The number of carbonyl (C=O) groups excluding carboxylic acids is 1. The van der Waals surface area contributed by atoms with E-state index in [0.717, 1.165) is 5.56 Å². The molecule has 104 valence electrons. The van der Waals surface area contributed by atoms with Gasteiger partial charge in [-0.2, -0.15) is 0 Å². The van der Waals surface area contributed by atoms with Crippen molar-refractivity contribution in [3.05, 3.63) is 17.2 Å². The highest BCUT2D eigenvalue weighted by Crippen LogP contribution is 2.43. The van der Waals surface area contributed by atoms with Crippen LogP contribution < -0.4 is 25.3 Å². The van der Waals surface area contributed by atoms with E-state index in [1.807, 2.05) is 0 Å². The third kappa shape index (κ3) is 2.08. The van der Waals surface area contributed by atoms with Crippen molar-refractivity contribution in [1.29, 1.82) is 0 Å². The fourth-order valence-electron chi connectivity index (χ4n) is 2.39. The molecule has 1 aliphatic rings. The van der Waals surface area contributed by atoms with Gasteiger partial charge in [0.25, 0.3) is 5.91 Å². The van der Waals surface area contributed by atoms with Gasteiger partial charge in [0, 0.05) is 30.6 Å². The van der Waals surface area contributed by atoms with Gasteiger partial charge in [-0.1, -0.05) is 0 Å². The van der Waals surface area contributed by atoms with Gasteiger partial charge < -0.3 is 25.3 Å². The maximum Gasteiger partial charge on any atom is 0.255 e. The highest BCUT2D eigenvalue weighted by atomic mass is 16.5. The first-order chi connectivity index (χ1) is 9.17. The Bertz CT molecular complexity index is 502. The van der Waals surface area contributed by atoms with Crippen molar-refractivity contribution in [3.63, 3.8) is 0 Å². The first-order valence-electron chi connectivity index (χ1n) is 5.99. The molecule has 1 heterocycles. The molecule has 0 aromatic heterocycles. The van der Waals surface area contributed by atoms with E-state index in [1.165, 1.54) is 14.2 Å². The molecule has 1 aromatic carbocycles. The zero-order valence-corrected chi connectivity index (χ0v) is 11.3. The van der Waals surface area contributed by atoms with Crippen LogP contribution in [0.15, 0.2) is 6.07 Å². The lowest BCUT2D eigenvalue weighted by molar-refractivity contribution is 0.0935. The molecular formula is C13H18N2O4. The Morgan fingerprint density at radius 1 is 1.26 bits per heavy atom. The molecule has 1 unspecified atom stereocenters. The van der Waals surface area contributed by atoms with Gasteiger partial charge in [0.2, 0.25) is 0 Å². The summed E-state index contributed by atoms with van der Waals surface area (Å²) in [5, 5.41) is 2.81. The Hall–Kier alpha value is -1.95. The van der Waals surface area contributed by atoms with Crippen LogP contribution in [0, 0.1) is 0 Å². The van der Waals surface area contributed by atoms with E-state index in [1.54, 1.807) is 13.2 Å². The SMILES string of the molecule is COc1cc(OC)c2c(c1OC)C(=O)NCC2CN. The second-order valence-electron chi connectivity index (χ2n) is 4.25. The van der Waals surface area contributed by atoms with Crippen LogP contribution in [0.5, 0.6) is 17.2 Å². The highest BCUT2D eigenvalue weighted by molar-refractivity contribution is 6.01. The van der Waals surface area contributed by atoms with Gasteiger partial charge in [0.05, 0.1) is 26.9 Å². The molecule has 19 heavy (non-hydrogen) atoms. The minimum Gasteiger partial charge on any atom is -0.496 e. The smallest absolute Gasteiger partial charge is 0.255 e. The summed E-state index contributed by atoms with van der Waals surface area (Å²) in [4.78, 5) is 12.1. The van der Waals surface area contributed by atoms with E-state index in [-0.39, 0.29) is 11.8 Å². The molecule has 0 fully saturated rings. The van der Waals surface area contributed by atoms with Gasteiger partial charge in [-0.05, 0) is 0 Å². The van der Waals surface area contributed by atoms with Crippen LogP contribution in [0.4, 0.5) is 0 Å². The molecule has 1 atom stereocenters. The molecule has 0 radical (unpaired) electrons. The number of carbonyl (C=O) groups is 1. The zero-order chi connectivity index (χ0) is 14.0. The quantitative estimate of drug-likeness (QED) is 0.829. The molecule has 2 rings (SSSR count). The van der Waals surface area contributed by atoms with Gasteiger partial charge in [-0.3, -0.25) is 4.79 Å². The summed E-state index contributed by atoms with van der Waals surface area (Å²) in [6.07, 6.45) is 0. The molecule has 1 aliphatic heterocycles. The number of rotatable bonds is 4. The standard InChI is InChI=1S/C13H18N2O4/c1-17-8-4-9(18-2)12(19-3)11-10(8)7(5-14)6-15-13(11)16/h4,7H,5-6,14H2,1-3H3,(H,15,16). The zero-order valence-electron chi connectivity index (χ0n) is 11.3. The van der Waals surface area contributed by atoms with Gasteiger partial charge in [-0.15, -0.1) is 0 Å². The maximum absolute atomic E-state index is 12.1. The van der Waals surface area contributed by atoms with Crippen LogP contribution in [0.2, 0.25) is 0 Å². The normalized spacial score (nSPS) is 17.5. The van der Waals surface area contributed by atoms with Crippen molar-refractivity contribution in [2.24, 2.45) is 5.73 Å². The third-order valence-electron chi connectivity index (χ3n) is 3.32. The number of nitrogens with two attached hydrogens (primary N) is 1. The maximum atomic E-state index is 12.1. The van der Waals surface area contributed by atoms with Crippen LogP contribution in [-0.4, -0.2) is 40.3 Å². The molecule has 0 saturated carbocycles. The Labute approximate surface area is 111 Å². The average molecular weight is 266 g/mol. The van der Waals surface area contributed by atoms with Crippen LogP contribution in [-0.2, 0) is 0 Å². The van der Waals surface area contributed by atoms with Gasteiger partial charge in [-0.25, -0.2) is 0 Å². The van der Waals surface area contributed by atoms with Crippen molar-refractivity contribution in [2.75, 3.05) is 34.4 Å². The first kappa shape index (κ1) is 13.5. The van der Waals surface area contributed by atoms with Gasteiger partial charge >= 0.3 is 0 Å². The van der Waals surface area contributed by atoms with Gasteiger partial charge in [0.1, 0.15) is 5.75 Å². The lowest BCUT2D eigenvalue weighted by Gasteiger charge is -2.28. The number of benzene rings is 1. The molecule has 1 aromatic rings. The van der Waals surface area contributed by atoms with Gasteiger partial charge in [0.15, 0.2) is 11.5 Å². The van der Waals surface area contributed by atoms with Crippen molar-refractivity contribution in [2.45, 2.75) is 5.92 Å². The largest absolute Gasteiger partial charge is 0.496 e. The number of ether oxygens (including phenoxy) is 3. The Morgan fingerprint density at radius 2 is 1.95 bits per heavy atom. The van der Waals surface area contributed by atoms with Crippen LogP contribution in [0.1, 0.15) is 21.8 Å². The second kappa shape index (κ2) is 5.36. The van der Waals surface area contributed by atoms with E-state index in [9.17, 15) is 4.79 Å². The molecule has 6 heteroatoms. The predicted molar refractivity (Wildman–Crippen MR) is 70.2 cm³/mol. The number of hydrogen-bond donors (Lipinski definition) is 2. The van der Waals surface area contributed by atoms with E-state index in [2.05, 4.69) is 5.32 Å². The van der Waals surface area contributed by atoms with Crippen LogP contribution in [0.25, 0.3) is 0 Å². The molecule has 3 N–H and O–H groups in total. The van der Waals surface area contributed by atoms with E-state index in [0.29, 0.717) is 35.9 Å².